The lowest BCUT2D eigenvalue weighted by Crippen LogP contribution is -2.38. The number of carboxylic acids is 1. The number of rotatable bonds is 4. The van der Waals surface area contributed by atoms with Gasteiger partial charge in [0.15, 0.2) is 0 Å². The third kappa shape index (κ3) is 2.95. The van der Waals surface area contributed by atoms with E-state index in [2.05, 4.69) is 4.90 Å². The Kier molecular flexibility index (Phi) is 4.24. The standard InChI is InChI=1S/C16H19NO3S/c1-20-11-5-4-8-17(9-11)10-13-12-6-2-3-7-14(12)21-15(13)16(18)19/h2-3,6-7,11H,4-5,8-10H2,1H3,(H,18,19). The number of hydrogen-bond donors (Lipinski definition) is 1. The highest BCUT2D eigenvalue weighted by atomic mass is 32.1. The number of methoxy groups -OCH3 is 1. The molecule has 1 aromatic carbocycles. The first-order valence-corrected chi connectivity index (χ1v) is 7.99. The van der Waals surface area contributed by atoms with Crippen molar-refractivity contribution in [1.82, 2.24) is 4.90 Å². The first kappa shape index (κ1) is 14.5. The van der Waals surface area contributed by atoms with Crippen LogP contribution in [0.3, 0.4) is 0 Å². The minimum absolute atomic E-state index is 0.261. The van der Waals surface area contributed by atoms with Gasteiger partial charge in [0, 0.05) is 24.9 Å². The van der Waals surface area contributed by atoms with Crippen LogP contribution < -0.4 is 0 Å². The Morgan fingerprint density at radius 2 is 2.29 bits per heavy atom. The number of carboxylic acid groups (broad SMARTS) is 1. The molecule has 0 radical (unpaired) electrons. The number of likely N-dealkylation sites (tertiary alicyclic amines) is 1. The molecule has 5 heteroatoms. The Bertz CT molecular complexity index is 652. The summed E-state index contributed by atoms with van der Waals surface area (Å²) < 4.78 is 6.50. The summed E-state index contributed by atoms with van der Waals surface area (Å²) in [6, 6.07) is 7.93. The SMILES string of the molecule is COC1CCCN(Cc2c(C(=O)O)sc3ccccc23)C1. The molecule has 2 heterocycles. The molecule has 1 unspecified atom stereocenters. The summed E-state index contributed by atoms with van der Waals surface area (Å²) in [4.78, 5) is 14.3. The van der Waals surface area contributed by atoms with Gasteiger partial charge in [-0.15, -0.1) is 11.3 Å². The van der Waals surface area contributed by atoms with Crippen molar-refractivity contribution in [3.63, 3.8) is 0 Å². The highest BCUT2D eigenvalue weighted by molar-refractivity contribution is 7.21. The quantitative estimate of drug-likeness (QED) is 0.942. The van der Waals surface area contributed by atoms with E-state index in [0.29, 0.717) is 11.4 Å². The summed E-state index contributed by atoms with van der Waals surface area (Å²) in [5.74, 6) is -0.827. The van der Waals surface area contributed by atoms with Crippen LogP contribution in [0.25, 0.3) is 10.1 Å². The minimum atomic E-state index is -0.827. The maximum absolute atomic E-state index is 11.5. The van der Waals surface area contributed by atoms with Crippen molar-refractivity contribution in [2.75, 3.05) is 20.2 Å². The summed E-state index contributed by atoms with van der Waals surface area (Å²) in [6.45, 7) is 2.56. The van der Waals surface area contributed by atoms with Crippen molar-refractivity contribution in [2.24, 2.45) is 0 Å². The Balaban J connectivity index is 1.91. The molecule has 1 aliphatic heterocycles. The normalized spacial score (nSPS) is 20.0. The van der Waals surface area contributed by atoms with Gasteiger partial charge in [0.2, 0.25) is 0 Å². The van der Waals surface area contributed by atoms with Gasteiger partial charge in [-0.3, -0.25) is 4.90 Å². The smallest absolute Gasteiger partial charge is 0.346 e. The number of benzene rings is 1. The monoisotopic (exact) mass is 305 g/mol. The predicted octanol–water partition coefficient (Wildman–Crippen LogP) is 3.21. The van der Waals surface area contributed by atoms with Crippen LogP contribution in [-0.4, -0.2) is 42.3 Å². The second kappa shape index (κ2) is 6.13. The van der Waals surface area contributed by atoms with Gasteiger partial charge in [-0.25, -0.2) is 4.79 Å². The lowest BCUT2D eigenvalue weighted by atomic mass is 10.1. The summed E-state index contributed by atoms with van der Waals surface area (Å²) in [6.07, 6.45) is 2.45. The molecule has 4 nitrogen and oxygen atoms in total. The molecule has 0 aliphatic carbocycles. The largest absolute Gasteiger partial charge is 0.477 e. The van der Waals surface area contributed by atoms with Gasteiger partial charge in [0.1, 0.15) is 4.88 Å². The molecule has 3 rings (SSSR count). The van der Waals surface area contributed by atoms with E-state index in [1.165, 1.54) is 11.3 Å². The van der Waals surface area contributed by atoms with Gasteiger partial charge in [-0.1, -0.05) is 18.2 Å². The molecule has 112 valence electrons. The fourth-order valence-electron chi connectivity index (χ4n) is 3.00. The van der Waals surface area contributed by atoms with E-state index in [9.17, 15) is 9.90 Å². The Morgan fingerprint density at radius 1 is 1.48 bits per heavy atom. The number of nitrogens with zero attached hydrogens (tertiary/aromatic N) is 1. The van der Waals surface area contributed by atoms with Crippen molar-refractivity contribution in [2.45, 2.75) is 25.5 Å². The molecule has 21 heavy (non-hydrogen) atoms. The molecule has 1 atom stereocenters. The van der Waals surface area contributed by atoms with Crippen LogP contribution in [0.4, 0.5) is 0 Å². The minimum Gasteiger partial charge on any atom is -0.477 e. The fourth-order valence-corrected chi connectivity index (χ4v) is 4.05. The average Bonchev–Trinajstić information content (AvgIpc) is 2.87. The second-order valence-corrected chi connectivity index (χ2v) is 6.50. The van der Waals surface area contributed by atoms with Crippen LogP contribution in [-0.2, 0) is 11.3 Å². The van der Waals surface area contributed by atoms with E-state index in [1.807, 2.05) is 24.3 Å². The molecule has 0 amide bonds. The van der Waals surface area contributed by atoms with Gasteiger partial charge in [-0.2, -0.15) is 0 Å². The average molecular weight is 305 g/mol. The number of carbonyl (C=O) groups is 1. The highest BCUT2D eigenvalue weighted by Gasteiger charge is 2.23. The van der Waals surface area contributed by atoms with Crippen LogP contribution in [0.1, 0.15) is 28.1 Å². The van der Waals surface area contributed by atoms with Gasteiger partial charge < -0.3 is 9.84 Å². The zero-order valence-electron chi connectivity index (χ0n) is 12.0. The lowest BCUT2D eigenvalue weighted by Gasteiger charge is -2.31. The highest BCUT2D eigenvalue weighted by Crippen LogP contribution is 2.32. The number of piperidine rings is 1. The number of ether oxygens (including phenoxy) is 1. The Morgan fingerprint density at radius 3 is 3.05 bits per heavy atom. The van der Waals surface area contributed by atoms with Crippen LogP contribution in [0, 0.1) is 0 Å². The molecule has 1 aliphatic rings. The fraction of sp³-hybridized carbons (Fsp3) is 0.438. The molecule has 1 fully saturated rings. The van der Waals surface area contributed by atoms with Crippen LogP contribution in [0.5, 0.6) is 0 Å². The summed E-state index contributed by atoms with van der Waals surface area (Å²) >= 11 is 1.37. The van der Waals surface area contributed by atoms with E-state index in [1.54, 1.807) is 7.11 Å². The van der Waals surface area contributed by atoms with E-state index in [0.717, 1.165) is 41.6 Å². The van der Waals surface area contributed by atoms with Gasteiger partial charge in [0.25, 0.3) is 0 Å². The zero-order chi connectivity index (χ0) is 14.8. The molecule has 0 bridgehead atoms. The predicted molar refractivity (Wildman–Crippen MR) is 84.1 cm³/mol. The third-order valence-electron chi connectivity index (χ3n) is 4.07. The first-order valence-electron chi connectivity index (χ1n) is 7.18. The molecule has 2 aromatic rings. The zero-order valence-corrected chi connectivity index (χ0v) is 12.9. The number of hydrogen-bond acceptors (Lipinski definition) is 4. The topological polar surface area (TPSA) is 49.8 Å². The summed E-state index contributed by atoms with van der Waals surface area (Å²) in [5.41, 5.74) is 0.944. The van der Waals surface area contributed by atoms with Gasteiger partial charge in [0.05, 0.1) is 6.10 Å². The second-order valence-electron chi connectivity index (χ2n) is 5.45. The van der Waals surface area contributed by atoms with Crippen LogP contribution in [0.2, 0.25) is 0 Å². The van der Waals surface area contributed by atoms with Gasteiger partial charge >= 0.3 is 5.97 Å². The summed E-state index contributed by atoms with van der Waals surface area (Å²) in [7, 11) is 1.75. The maximum Gasteiger partial charge on any atom is 0.346 e. The Hall–Kier alpha value is -1.43. The molecule has 0 spiro atoms. The van der Waals surface area contributed by atoms with Crippen molar-refractivity contribution in [1.29, 1.82) is 0 Å². The molecular weight excluding hydrogens is 286 g/mol. The van der Waals surface area contributed by atoms with E-state index in [4.69, 9.17) is 4.74 Å². The molecule has 1 saturated heterocycles. The number of fused-ring (bicyclic) bond motifs is 1. The number of thiophene rings is 1. The van der Waals surface area contributed by atoms with Crippen molar-refractivity contribution >= 4 is 27.4 Å². The van der Waals surface area contributed by atoms with Crippen LogP contribution in [0.15, 0.2) is 24.3 Å². The van der Waals surface area contributed by atoms with Crippen LogP contribution >= 0.6 is 11.3 Å². The van der Waals surface area contributed by atoms with Gasteiger partial charge in [-0.05, 0) is 36.4 Å². The Labute approximate surface area is 127 Å². The van der Waals surface area contributed by atoms with Crippen molar-refractivity contribution < 1.29 is 14.6 Å². The maximum atomic E-state index is 11.5. The van der Waals surface area contributed by atoms with E-state index >= 15 is 0 Å². The molecule has 0 saturated carbocycles. The van der Waals surface area contributed by atoms with E-state index < -0.39 is 5.97 Å². The third-order valence-corrected chi connectivity index (χ3v) is 5.27. The summed E-state index contributed by atoms with van der Waals surface area (Å²) in [5, 5.41) is 10.5. The van der Waals surface area contributed by atoms with Crippen molar-refractivity contribution in [3.8, 4) is 0 Å². The van der Waals surface area contributed by atoms with E-state index in [-0.39, 0.29) is 6.10 Å². The first-order chi connectivity index (χ1) is 10.2. The number of aromatic carboxylic acids is 1. The molecule has 1 aromatic heterocycles. The lowest BCUT2D eigenvalue weighted by molar-refractivity contribution is 0.0286. The van der Waals surface area contributed by atoms with Crippen molar-refractivity contribution in [3.05, 3.63) is 34.7 Å². The molecular formula is C16H19NO3S. The molecule has 1 N–H and O–H groups in total.